The molecule has 0 radical (unpaired) electrons. The van der Waals surface area contributed by atoms with Crippen molar-refractivity contribution in [3.8, 4) is 11.1 Å². The highest BCUT2D eigenvalue weighted by Crippen LogP contribution is 2.68. The largest absolute Gasteiger partial charge is 0.337 e. The van der Waals surface area contributed by atoms with Crippen LogP contribution in [0.4, 0.5) is 11.4 Å². The van der Waals surface area contributed by atoms with Gasteiger partial charge in [0.1, 0.15) is 0 Å². The van der Waals surface area contributed by atoms with Crippen molar-refractivity contribution in [1.82, 2.24) is 0 Å². The lowest BCUT2D eigenvalue weighted by Gasteiger charge is -2.55. The van der Waals surface area contributed by atoms with E-state index in [1.807, 2.05) is 0 Å². The predicted octanol–water partition coefficient (Wildman–Crippen LogP) is 7.42. The first kappa shape index (κ1) is 17.3. The Balaban J connectivity index is 1.53. The van der Waals surface area contributed by atoms with Crippen LogP contribution < -0.4 is 4.90 Å². The van der Waals surface area contributed by atoms with Gasteiger partial charge in [0, 0.05) is 23.3 Å². The Morgan fingerprint density at radius 1 is 0.594 bits per heavy atom. The van der Waals surface area contributed by atoms with Crippen molar-refractivity contribution in [2.24, 2.45) is 5.92 Å². The average Bonchev–Trinajstić information content (AvgIpc) is 3.35. The van der Waals surface area contributed by atoms with E-state index in [4.69, 9.17) is 0 Å². The van der Waals surface area contributed by atoms with E-state index in [0.29, 0.717) is 17.9 Å². The fourth-order valence-electron chi connectivity index (χ4n) is 8.00. The summed E-state index contributed by atoms with van der Waals surface area (Å²) >= 11 is 0. The molecular weight excluding hydrogens is 386 g/mol. The molecule has 0 aromatic heterocycles. The van der Waals surface area contributed by atoms with E-state index in [2.05, 4.69) is 102 Å². The predicted molar refractivity (Wildman–Crippen MR) is 131 cm³/mol. The van der Waals surface area contributed by atoms with Crippen LogP contribution in [0.15, 0.2) is 97.1 Å². The first-order valence-electron chi connectivity index (χ1n) is 12.1. The first-order valence-corrected chi connectivity index (χ1v) is 12.1. The zero-order valence-electron chi connectivity index (χ0n) is 18.0. The summed E-state index contributed by atoms with van der Waals surface area (Å²) in [7, 11) is 0. The Morgan fingerprint density at radius 2 is 1.19 bits per heavy atom. The minimum Gasteiger partial charge on any atom is -0.337 e. The van der Waals surface area contributed by atoms with E-state index in [1.165, 1.54) is 58.5 Å². The van der Waals surface area contributed by atoms with Gasteiger partial charge in [-0.2, -0.15) is 0 Å². The van der Waals surface area contributed by atoms with Gasteiger partial charge in [-0.05, 0) is 64.3 Å². The summed E-state index contributed by atoms with van der Waals surface area (Å²) in [5, 5.41) is 0. The Labute approximate surface area is 189 Å². The van der Waals surface area contributed by atoms with E-state index in [-0.39, 0.29) is 5.41 Å². The second-order valence-electron chi connectivity index (χ2n) is 9.98. The lowest BCUT2D eigenvalue weighted by atomic mass is 9.54. The number of nitrogens with zero attached hydrogens (tertiary/aromatic N) is 1. The van der Waals surface area contributed by atoms with Gasteiger partial charge in [-0.25, -0.2) is 0 Å². The topological polar surface area (TPSA) is 3.24 Å². The summed E-state index contributed by atoms with van der Waals surface area (Å²) in [6.07, 6.45) is 3.89. The van der Waals surface area contributed by atoms with Crippen molar-refractivity contribution in [2.45, 2.75) is 36.6 Å². The van der Waals surface area contributed by atoms with E-state index in [9.17, 15) is 0 Å². The number of hydrogen-bond donors (Lipinski definition) is 0. The molecule has 0 amide bonds. The van der Waals surface area contributed by atoms with Crippen molar-refractivity contribution in [2.75, 3.05) is 4.90 Å². The number of hydrogen-bond acceptors (Lipinski definition) is 1. The standard InChI is InChI=1S/C31H25N/c1-4-14-24-20(10-1)21-11-2-5-15-25(21)31(24)26-16-6-8-19-29(26)32-28-18-7-3-12-22(28)23-13-9-17-27(31)30(23)32/h1-8,10-12,14-16,18-19,23,27,30H,9,13,17H2. The summed E-state index contributed by atoms with van der Waals surface area (Å²) in [4.78, 5) is 2.73. The molecule has 2 heterocycles. The third-order valence-corrected chi connectivity index (χ3v) is 8.89. The third-order valence-electron chi connectivity index (χ3n) is 8.89. The van der Waals surface area contributed by atoms with E-state index in [1.54, 1.807) is 5.56 Å². The van der Waals surface area contributed by atoms with Crippen LogP contribution in [-0.2, 0) is 5.41 Å². The molecule has 0 N–H and O–H groups in total. The zero-order valence-corrected chi connectivity index (χ0v) is 18.0. The molecule has 0 bridgehead atoms. The van der Waals surface area contributed by atoms with Gasteiger partial charge in [0.25, 0.3) is 0 Å². The molecule has 4 aliphatic rings. The Hall–Kier alpha value is -3.32. The molecule has 1 saturated carbocycles. The monoisotopic (exact) mass is 411 g/mol. The molecule has 0 saturated heterocycles. The van der Waals surface area contributed by atoms with Crippen LogP contribution >= 0.6 is 0 Å². The first-order chi connectivity index (χ1) is 15.9. The highest BCUT2D eigenvalue weighted by Gasteiger charge is 2.61. The smallest absolute Gasteiger partial charge is 0.0532 e. The lowest BCUT2D eigenvalue weighted by Crippen LogP contribution is -2.54. The molecule has 4 aromatic carbocycles. The zero-order chi connectivity index (χ0) is 20.9. The van der Waals surface area contributed by atoms with E-state index >= 15 is 0 Å². The Bertz CT molecular complexity index is 1350. The van der Waals surface area contributed by atoms with Gasteiger partial charge in [0.2, 0.25) is 0 Å². The van der Waals surface area contributed by atoms with Crippen LogP contribution in [0.5, 0.6) is 0 Å². The maximum Gasteiger partial charge on any atom is 0.0532 e. The van der Waals surface area contributed by atoms with Gasteiger partial charge >= 0.3 is 0 Å². The molecule has 154 valence electrons. The maximum atomic E-state index is 2.73. The SMILES string of the molecule is c1ccc2c(c1)-c1ccccc1C21c2ccccc2N2c3ccccc3C3CCCC1C32. The maximum absolute atomic E-state index is 2.73. The summed E-state index contributed by atoms with van der Waals surface area (Å²) in [5.74, 6) is 1.18. The molecular formula is C31H25N. The summed E-state index contributed by atoms with van der Waals surface area (Å²) < 4.78 is 0. The molecule has 32 heavy (non-hydrogen) atoms. The number of para-hydroxylation sites is 2. The molecule has 1 nitrogen and oxygen atoms in total. The normalized spacial score (nSPS) is 25.0. The average molecular weight is 412 g/mol. The summed E-state index contributed by atoms with van der Waals surface area (Å²) in [6.45, 7) is 0. The number of anilines is 2. The second-order valence-corrected chi connectivity index (χ2v) is 9.98. The van der Waals surface area contributed by atoms with Crippen molar-refractivity contribution < 1.29 is 0 Å². The highest BCUT2D eigenvalue weighted by atomic mass is 15.2. The Morgan fingerprint density at radius 3 is 1.94 bits per heavy atom. The Kier molecular flexibility index (Phi) is 3.19. The molecule has 2 aliphatic heterocycles. The highest BCUT2D eigenvalue weighted by molar-refractivity contribution is 5.89. The molecule has 3 unspecified atom stereocenters. The van der Waals surface area contributed by atoms with Gasteiger partial charge < -0.3 is 4.90 Å². The van der Waals surface area contributed by atoms with Gasteiger partial charge in [0.15, 0.2) is 0 Å². The van der Waals surface area contributed by atoms with Crippen LogP contribution in [0.25, 0.3) is 11.1 Å². The fraction of sp³-hybridized carbons (Fsp3) is 0.226. The molecule has 2 aliphatic carbocycles. The van der Waals surface area contributed by atoms with Crippen molar-refractivity contribution >= 4 is 11.4 Å². The van der Waals surface area contributed by atoms with Gasteiger partial charge in [-0.15, -0.1) is 0 Å². The third kappa shape index (κ3) is 1.81. The van der Waals surface area contributed by atoms with Gasteiger partial charge in [-0.3, -0.25) is 0 Å². The van der Waals surface area contributed by atoms with E-state index in [0.717, 1.165) is 0 Å². The molecule has 8 rings (SSSR count). The van der Waals surface area contributed by atoms with Crippen LogP contribution in [0.1, 0.15) is 47.4 Å². The van der Waals surface area contributed by atoms with E-state index < -0.39 is 0 Å². The van der Waals surface area contributed by atoms with Crippen molar-refractivity contribution in [3.05, 3.63) is 119 Å². The van der Waals surface area contributed by atoms with Crippen LogP contribution in [0, 0.1) is 5.92 Å². The quantitative estimate of drug-likeness (QED) is 0.291. The van der Waals surface area contributed by atoms with Gasteiger partial charge in [-0.1, -0.05) is 91.3 Å². The van der Waals surface area contributed by atoms with Crippen LogP contribution in [0.3, 0.4) is 0 Å². The molecule has 1 heteroatoms. The minimum absolute atomic E-state index is 0.0638. The fourth-order valence-corrected chi connectivity index (χ4v) is 8.00. The van der Waals surface area contributed by atoms with Crippen molar-refractivity contribution in [3.63, 3.8) is 0 Å². The summed E-state index contributed by atoms with van der Waals surface area (Å²) in [5.41, 5.74) is 11.8. The molecule has 1 fully saturated rings. The second kappa shape index (κ2) is 5.92. The molecule has 3 atom stereocenters. The lowest BCUT2D eigenvalue weighted by molar-refractivity contribution is 0.210. The number of rotatable bonds is 0. The number of benzene rings is 4. The van der Waals surface area contributed by atoms with Crippen LogP contribution in [0.2, 0.25) is 0 Å². The van der Waals surface area contributed by atoms with Crippen LogP contribution in [-0.4, -0.2) is 6.04 Å². The summed E-state index contributed by atoms with van der Waals surface area (Å²) in [6, 6.07) is 37.5. The van der Waals surface area contributed by atoms with Gasteiger partial charge in [0.05, 0.1) is 5.41 Å². The molecule has 1 spiro atoms. The molecule has 4 aromatic rings. The minimum atomic E-state index is -0.0638. The van der Waals surface area contributed by atoms with Crippen molar-refractivity contribution in [1.29, 1.82) is 0 Å². The number of fused-ring (bicyclic) bond motifs is 12.